The summed E-state index contributed by atoms with van der Waals surface area (Å²) in [4.78, 5) is 27.8. The number of likely N-dealkylation sites (tertiary alicyclic amines) is 1. The maximum Gasteiger partial charge on any atom is 0.224 e. The maximum atomic E-state index is 12.0. The molecule has 2 aliphatic heterocycles. The smallest absolute Gasteiger partial charge is 0.224 e. The average molecular weight is 371 g/mol. The predicted octanol–water partition coefficient (Wildman–Crippen LogP) is -0.383. The summed E-state index contributed by atoms with van der Waals surface area (Å²) in [5, 5.41) is 2.89. The summed E-state index contributed by atoms with van der Waals surface area (Å²) in [5.74, 6) is 0.0483. The molecule has 2 unspecified atom stereocenters. The number of nitrogens with one attached hydrogen (secondary N) is 1. The summed E-state index contributed by atoms with van der Waals surface area (Å²) in [6.45, 7) is 7.39. The van der Waals surface area contributed by atoms with Gasteiger partial charge in [-0.1, -0.05) is 0 Å². The number of amides is 2. The van der Waals surface area contributed by atoms with Crippen LogP contribution in [0.15, 0.2) is 0 Å². The molecule has 7 nitrogen and oxygen atoms in total. The van der Waals surface area contributed by atoms with Crippen LogP contribution in [0.2, 0.25) is 0 Å². The molecule has 2 aliphatic rings. The van der Waals surface area contributed by atoms with Crippen LogP contribution in [0.25, 0.3) is 0 Å². The molecule has 0 radical (unpaired) electrons. The monoisotopic (exact) mass is 370 g/mol. The van der Waals surface area contributed by atoms with E-state index in [4.69, 9.17) is 10.5 Å². The fourth-order valence-corrected chi connectivity index (χ4v) is 2.75. The van der Waals surface area contributed by atoms with E-state index in [9.17, 15) is 9.59 Å². The molecule has 0 aliphatic carbocycles. The van der Waals surface area contributed by atoms with E-state index in [0.29, 0.717) is 19.4 Å². The SMILES string of the molecule is CC(N)CC(=O)NC1CC(=O)N(CCN2CCOCC2)C1.Cl.Cl. The van der Waals surface area contributed by atoms with Crippen molar-refractivity contribution < 1.29 is 14.3 Å². The van der Waals surface area contributed by atoms with Crippen LogP contribution < -0.4 is 11.1 Å². The number of hydrogen-bond acceptors (Lipinski definition) is 5. The molecular weight excluding hydrogens is 343 g/mol. The van der Waals surface area contributed by atoms with Crippen molar-refractivity contribution in [1.29, 1.82) is 0 Å². The first kappa shape index (κ1) is 22.4. The van der Waals surface area contributed by atoms with E-state index in [0.717, 1.165) is 39.4 Å². The molecule has 3 N–H and O–H groups in total. The van der Waals surface area contributed by atoms with E-state index < -0.39 is 0 Å². The molecule has 9 heteroatoms. The average Bonchev–Trinajstić information content (AvgIpc) is 2.76. The zero-order valence-electron chi connectivity index (χ0n) is 13.5. The lowest BCUT2D eigenvalue weighted by molar-refractivity contribution is -0.128. The third-order valence-electron chi connectivity index (χ3n) is 3.88. The number of hydrogen-bond donors (Lipinski definition) is 2. The number of nitrogens with two attached hydrogens (primary N) is 1. The highest BCUT2D eigenvalue weighted by atomic mass is 35.5. The van der Waals surface area contributed by atoms with E-state index in [2.05, 4.69) is 10.2 Å². The summed E-state index contributed by atoms with van der Waals surface area (Å²) >= 11 is 0. The number of carbonyl (C=O) groups excluding carboxylic acids is 2. The van der Waals surface area contributed by atoms with Crippen LogP contribution in [-0.4, -0.2) is 79.6 Å². The Labute approximate surface area is 150 Å². The van der Waals surface area contributed by atoms with Crippen LogP contribution in [0, 0.1) is 0 Å². The minimum Gasteiger partial charge on any atom is -0.379 e. The second kappa shape index (κ2) is 11.0. The summed E-state index contributed by atoms with van der Waals surface area (Å²) in [6.07, 6.45) is 0.701. The van der Waals surface area contributed by atoms with Crippen LogP contribution in [0.1, 0.15) is 19.8 Å². The van der Waals surface area contributed by atoms with Crippen LogP contribution >= 0.6 is 24.8 Å². The molecular formula is C14H28Cl2N4O3. The van der Waals surface area contributed by atoms with Gasteiger partial charge in [-0.25, -0.2) is 0 Å². The predicted molar refractivity (Wildman–Crippen MR) is 93.1 cm³/mol. The fraction of sp³-hybridized carbons (Fsp3) is 0.857. The van der Waals surface area contributed by atoms with Gasteiger partial charge in [-0.3, -0.25) is 14.5 Å². The number of carbonyl (C=O) groups is 2. The standard InChI is InChI=1S/C14H26N4O3.2ClH/c1-11(15)8-13(19)16-12-9-14(20)18(10-12)3-2-17-4-6-21-7-5-17;;/h11-12H,2-10,15H2,1H3,(H,16,19);2*1H. The first-order valence-corrected chi connectivity index (χ1v) is 7.67. The van der Waals surface area contributed by atoms with Gasteiger partial charge in [0.2, 0.25) is 11.8 Å². The van der Waals surface area contributed by atoms with Gasteiger partial charge in [-0.05, 0) is 6.92 Å². The Morgan fingerprint density at radius 3 is 2.61 bits per heavy atom. The number of halogens is 2. The third-order valence-corrected chi connectivity index (χ3v) is 3.88. The molecule has 0 spiro atoms. The molecule has 2 saturated heterocycles. The van der Waals surface area contributed by atoms with Gasteiger partial charge < -0.3 is 20.7 Å². The second-order valence-electron chi connectivity index (χ2n) is 5.94. The maximum absolute atomic E-state index is 12.0. The fourth-order valence-electron chi connectivity index (χ4n) is 2.75. The molecule has 0 aromatic carbocycles. The summed E-state index contributed by atoms with van der Waals surface area (Å²) in [6, 6.07) is -0.229. The lowest BCUT2D eigenvalue weighted by Crippen LogP contribution is -2.43. The molecule has 0 aromatic heterocycles. The van der Waals surface area contributed by atoms with Crippen molar-refractivity contribution in [3.05, 3.63) is 0 Å². The quantitative estimate of drug-likeness (QED) is 0.665. The van der Waals surface area contributed by atoms with Gasteiger partial charge in [-0.2, -0.15) is 0 Å². The lowest BCUT2D eigenvalue weighted by Gasteiger charge is -2.28. The van der Waals surface area contributed by atoms with E-state index in [1.54, 1.807) is 6.92 Å². The van der Waals surface area contributed by atoms with Gasteiger partial charge in [0.05, 0.1) is 19.3 Å². The molecule has 23 heavy (non-hydrogen) atoms. The Morgan fingerprint density at radius 1 is 1.35 bits per heavy atom. The first-order chi connectivity index (χ1) is 10.0. The zero-order valence-corrected chi connectivity index (χ0v) is 15.2. The lowest BCUT2D eigenvalue weighted by atomic mass is 10.2. The summed E-state index contributed by atoms with van der Waals surface area (Å²) in [5.41, 5.74) is 5.60. The van der Waals surface area contributed by atoms with E-state index in [-0.39, 0.29) is 48.7 Å². The van der Waals surface area contributed by atoms with Crippen LogP contribution in [0.3, 0.4) is 0 Å². The van der Waals surface area contributed by atoms with Crippen LogP contribution in [-0.2, 0) is 14.3 Å². The Kier molecular flexibility index (Phi) is 10.8. The molecule has 0 aromatic rings. The van der Waals surface area contributed by atoms with Crippen molar-refractivity contribution in [2.24, 2.45) is 5.73 Å². The van der Waals surface area contributed by atoms with Crippen molar-refractivity contribution in [1.82, 2.24) is 15.1 Å². The van der Waals surface area contributed by atoms with Gasteiger partial charge in [0, 0.05) is 51.6 Å². The van der Waals surface area contributed by atoms with Crippen molar-refractivity contribution in [3.8, 4) is 0 Å². The Balaban J connectivity index is 0.00000242. The van der Waals surface area contributed by atoms with E-state index >= 15 is 0 Å². The zero-order chi connectivity index (χ0) is 15.2. The first-order valence-electron chi connectivity index (χ1n) is 7.67. The van der Waals surface area contributed by atoms with Crippen molar-refractivity contribution in [2.75, 3.05) is 45.9 Å². The Bertz CT molecular complexity index is 379. The molecule has 0 bridgehead atoms. The molecule has 2 atom stereocenters. The molecule has 0 saturated carbocycles. The van der Waals surface area contributed by atoms with E-state index in [1.165, 1.54) is 0 Å². The summed E-state index contributed by atoms with van der Waals surface area (Å²) in [7, 11) is 0. The highest BCUT2D eigenvalue weighted by Crippen LogP contribution is 2.11. The Morgan fingerprint density at radius 2 is 2.00 bits per heavy atom. The van der Waals surface area contributed by atoms with Gasteiger partial charge in [0.25, 0.3) is 0 Å². The third kappa shape index (κ3) is 7.67. The number of morpholine rings is 1. The molecule has 2 amide bonds. The van der Waals surface area contributed by atoms with Gasteiger partial charge in [-0.15, -0.1) is 24.8 Å². The topological polar surface area (TPSA) is 87.9 Å². The number of ether oxygens (including phenoxy) is 1. The van der Waals surface area contributed by atoms with Gasteiger partial charge in [0.1, 0.15) is 0 Å². The van der Waals surface area contributed by atoms with Crippen molar-refractivity contribution >= 4 is 36.6 Å². The number of nitrogens with zero attached hydrogens (tertiary/aromatic N) is 2. The number of rotatable bonds is 6. The highest BCUT2D eigenvalue weighted by molar-refractivity contribution is 5.85. The van der Waals surface area contributed by atoms with Crippen molar-refractivity contribution in [2.45, 2.75) is 31.8 Å². The van der Waals surface area contributed by atoms with Crippen LogP contribution in [0.5, 0.6) is 0 Å². The second-order valence-corrected chi connectivity index (χ2v) is 5.94. The molecule has 2 rings (SSSR count). The van der Waals surface area contributed by atoms with E-state index in [1.807, 2.05) is 4.90 Å². The minimum absolute atomic E-state index is 0. The van der Waals surface area contributed by atoms with Gasteiger partial charge >= 0.3 is 0 Å². The normalized spacial score (nSPS) is 23.0. The highest BCUT2D eigenvalue weighted by Gasteiger charge is 2.30. The largest absolute Gasteiger partial charge is 0.379 e. The van der Waals surface area contributed by atoms with Crippen molar-refractivity contribution in [3.63, 3.8) is 0 Å². The molecule has 2 fully saturated rings. The Hall–Kier alpha value is -0.600. The minimum atomic E-state index is -0.153. The molecule has 136 valence electrons. The van der Waals surface area contributed by atoms with Crippen LogP contribution in [0.4, 0.5) is 0 Å². The summed E-state index contributed by atoms with van der Waals surface area (Å²) < 4.78 is 5.31. The molecule has 2 heterocycles. The van der Waals surface area contributed by atoms with Gasteiger partial charge in [0.15, 0.2) is 0 Å².